The molecule has 134 valence electrons. The zero-order valence-electron chi connectivity index (χ0n) is 14.5. The number of nitrogens with zero attached hydrogens (tertiary/aromatic N) is 3. The topological polar surface area (TPSA) is 69.0 Å². The number of aryl methyl sites for hydroxylation is 2. The van der Waals surface area contributed by atoms with Crippen LogP contribution in [-0.2, 0) is 29.4 Å². The van der Waals surface area contributed by atoms with Crippen molar-refractivity contribution < 1.29 is 9.53 Å². The number of carbonyl (C=O) groups excluding carboxylic acids is 1. The third-order valence-corrected chi connectivity index (χ3v) is 5.31. The molecule has 1 N–H and O–H groups in total. The Balaban J connectivity index is 1.43. The lowest BCUT2D eigenvalue weighted by atomic mass is 10.1. The van der Waals surface area contributed by atoms with Crippen LogP contribution in [0.3, 0.4) is 0 Å². The largest absolute Gasteiger partial charge is 0.376 e. The molecule has 1 aromatic carbocycles. The molecule has 0 radical (unpaired) electrons. The Hall–Kier alpha value is -1.86. The molecular formula is C18H24N4O2S. The lowest BCUT2D eigenvalue weighted by Gasteiger charge is -2.10. The molecule has 1 aliphatic heterocycles. The van der Waals surface area contributed by atoms with Crippen LogP contribution < -0.4 is 5.32 Å². The molecule has 1 aliphatic rings. The number of aromatic nitrogens is 3. The first-order chi connectivity index (χ1) is 12.2. The Bertz CT molecular complexity index is 684. The van der Waals surface area contributed by atoms with Crippen LogP contribution >= 0.6 is 11.8 Å². The predicted molar refractivity (Wildman–Crippen MR) is 97.6 cm³/mol. The van der Waals surface area contributed by atoms with Crippen LogP contribution in [0, 0.1) is 0 Å². The molecule has 1 saturated heterocycles. The molecular weight excluding hydrogens is 336 g/mol. The third-order valence-electron chi connectivity index (χ3n) is 4.29. The molecule has 0 saturated carbocycles. The summed E-state index contributed by atoms with van der Waals surface area (Å²) in [7, 11) is 1.95. The van der Waals surface area contributed by atoms with Gasteiger partial charge in [-0.15, -0.1) is 10.2 Å². The first-order valence-electron chi connectivity index (χ1n) is 8.65. The normalized spacial score (nSPS) is 16.9. The molecule has 7 heteroatoms. The minimum absolute atomic E-state index is 0.00864. The minimum atomic E-state index is 0.00864. The average molecular weight is 360 g/mol. The summed E-state index contributed by atoms with van der Waals surface area (Å²) in [6.45, 7) is 1.40. The lowest BCUT2D eigenvalue weighted by Crippen LogP contribution is -2.32. The highest BCUT2D eigenvalue weighted by atomic mass is 32.2. The van der Waals surface area contributed by atoms with E-state index >= 15 is 0 Å². The van der Waals surface area contributed by atoms with Crippen molar-refractivity contribution in [3.05, 3.63) is 41.7 Å². The summed E-state index contributed by atoms with van der Waals surface area (Å²) in [5.41, 5.74) is 1.29. The summed E-state index contributed by atoms with van der Waals surface area (Å²) in [6, 6.07) is 10.3. The highest BCUT2D eigenvalue weighted by Crippen LogP contribution is 2.16. The molecule has 1 amide bonds. The van der Waals surface area contributed by atoms with E-state index in [1.807, 2.05) is 29.8 Å². The second kappa shape index (κ2) is 9.01. The number of hydrogen-bond acceptors (Lipinski definition) is 5. The average Bonchev–Trinajstić information content (AvgIpc) is 3.27. The fourth-order valence-electron chi connectivity index (χ4n) is 2.80. The van der Waals surface area contributed by atoms with Gasteiger partial charge in [0.05, 0.1) is 11.9 Å². The molecule has 0 aliphatic carbocycles. The van der Waals surface area contributed by atoms with E-state index in [4.69, 9.17) is 4.74 Å². The monoisotopic (exact) mass is 360 g/mol. The van der Waals surface area contributed by atoms with Crippen LogP contribution in [0.1, 0.15) is 24.2 Å². The van der Waals surface area contributed by atoms with E-state index in [1.54, 1.807) is 0 Å². The first kappa shape index (κ1) is 17.9. The molecule has 2 aromatic rings. The van der Waals surface area contributed by atoms with Gasteiger partial charge in [-0.05, 0) is 24.8 Å². The van der Waals surface area contributed by atoms with Crippen molar-refractivity contribution in [1.82, 2.24) is 20.1 Å². The van der Waals surface area contributed by atoms with Gasteiger partial charge in [0, 0.05) is 26.6 Å². The van der Waals surface area contributed by atoms with Crippen molar-refractivity contribution in [2.24, 2.45) is 7.05 Å². The lowest BCUT2D eigenvalue weighted by molar-refractivity contribution is -0.119. The van der Waals surface area contributed by atoms with Crippen LogP contribution in [0.5, 0.6) is 0 Å². The van der Waals surface area contributed by atoms with Gasteiger partial charge in [-0.1, -0.05) is 42.1 Å². The third kappa shape index (κ3) is 5.31. The van der Waals surface area contributed by atoms with E-state index < -0.39 is 0 Å². The Morgan fingerprint density at radius 2 is 2.16 bits per heavy atom. The first-order valence-corrected chi connectivity index (χ1v) is 9.64. The second-order valence-corrected chi connectivity index (χ2v) is 7.11. The molecule has 0 bridgehead atoms. The number of hydrogen-bond donors (Lipinski definition) is 1. The minimum Gasteiger partial charge on any atom is -0.376 e. The molecule has 1 fully saturated rings. The highest BCUT2D eigenvalue weighted by Gasteiger charge is 2.17. The molecule has 3 rings (SSSR count). The van der Waals surface area contributed by atoms with Gasteiger partial charge in [0.2, 0.25) is 5.91 Å². The van der Waals surface area contributed by atoms with E-state index in [9.17, 15) is 4.79 Å². The van der Waals surface area contributed by atoms with Crippen molar-refractivity contribution >= 4 is 17.7 Å². The Kier molecular flexibility index (Phi) is 6.47. The Morgan fingerprint density at radius 1 is 1.32 bits per heavy atom. The van der Waals surface area contributed by atoms with E-state index in [1.165, 1.54) is 17.3 Å². The summed E-state index contributed by atoms with van der Waals surface area (Å²) in [6.07, 6.45) is 4.05. The zero-order chi connectivity index (χ0) is 17.5. The van der Waals surface area contributed by atoms with E-state index in [0.29, 0.717) is 12.3 Å². The molecule has 0 spiro atoms. The molecule has 1 unspecified atom stereocenters. The van der Waals surface area contributed by atoms with Crippen molar-refractivity contribution in [3.8, 4) is 0 Å². The standard InChI is InChI=1S/C18H24N4O2S/c1-22-16(10-9-14-6-3-2-4-7-14)20-21-18(22)25-13-17(23)19-12-15-8-5-11-24-15/h2-4,6-7,15H,5,8-13H2,1H3,(H,19,23). The zero-order valence-corrected chi connectivity index (χ0v) is 15.3. The summed E-state index contributed by atoms with van der Waals surface area (Å²) in [5, 5.41) is 12.2. The summed E-state index contributed by atoms with van der Waals surface area (Å²) < 4.78 is 7.48. The van der Waals surface area contributed by atoms with Gasteiger partial charge in [0.15, 0.2) is 5.16 Å². The maximum absolute atomic E-state index is 12.0. The van der Waals surface area contributed by atoms with E-state index in [2.05, 4.69) is 27.6 Å². The van der Waals surface area contributed by atoms with Gasteiger partial charge in [-0.2, -0.15) is 0 Å². The number of nitrogens with one attached hydrogen (secondary N) is 1. The number of ether oxygens (including phenoxy) is 1. The van der Waals surface area contributed by atoms with Crippen molar-refractivity contribution in [2.75, 3.05) is 18.9 Å². The van der Waals surface area contributed by atoms with Crippen molar-refractivity contribution in [1.29, 1.82) is 0 Å². The van der Waals surface area contributed by atoms with Gasteiger partial charge >= 0.3 is 0 Å². The maximum atomic E-state index is 12.0. The van der Waals surface area contributed by atoms with Crippen molar-refractivity contribution in [3.63, 3.8) is 0 Å². The number of benzene rings is 1. The fraction of sp³-hybridized carbons (Fsp3) is 0.500. The highest BCUT2D eigenvalue weighted by molar-refractivity contribution is 7.99. The van der Waals surface area contributed by atoms with Crippen LogP contribution in [0.15, 0.2) is 35.5 Å². The predicted octanol–water partition coefficient (Wildman–Crippen LogP) is 1.99. The van der Waals surface area contributed by atoms with Crippen LogP contribution in [-0.4, -0.2) is 45.7 Å². The van der Waals surface area contributed by atoms with Gasteiger partial charge in [-0.25, -0.2) is 0 Å². The molecule has 1 aromatic heterocycles. The maximum Gasteiger partial charge on any atom is 0.230 e. The molecule has 1 atom stereocenters. The number of rotatable bonds is 8. The number of carbonyl (C=O) groups is 1. The van der Waals surface area contributed by atoms with Gasteiger partial charge in [0.1, 0.15) is 5.82 Å². The van der Waals surface area contributed by atoms with Gasteiger partial charge in [-0.3, -0.25) is 4.79 Å². The van der Waals surface area contributed by atoms with Gasteiger partial charge < -0.3 is 14.6 Å². The van der Waals surface area contributed by atoms with Crippen LogP contribution in [0.25, 0.3) is 0 Å². The smallest absolute Gasteiger partial charge is 0.230 e. The van der Waals surface area contributed by atoms with E-state index in [0.717, 1.165) is 43.3 Å². The molecule has 6 nitrogen and oxygen atoms in total. The summed E-state index contributed by atoms with van der Waals surface area (Å²) in [4.78, 5) is 12.0. The Morgan fingerprint density at radius 3 is 2.92 bits per heavy atom. The second-order valence-electron chi connectivity index (χ2n) is 6.17. The van der Waals surface area contributed by atoms with Crippen LogP contribution in [0.4, 0.5) is 0 Å². The van der Waals surface area contributed by atoms with Gasteiger partial charge in [0.25, 0.3) is 0 Å². The summed E-state index contributed by atoms with van der Waals surface area (Å²) >= 11 is 1.42. The quantitative estimate of drug-likeness (QED) is 0.729. The fourth-order valence-corrected chi connectivity index (χ4v) is 3.56. The van der Waals surface area contributed by atoms with Crippen LogP contribution in [0.2, 0.25) is 0 Å². The SMILES string of the molecule is Cn1c(CCc2ccccc2)nnc1SCC(=O)NCC1CCCO1. The van der Waals surface area contributed by atoms with E-state index in [-0.39, 0.29) is 12.0 Å². The number of amides is 1. The summed E-state index contributed by atoms with van der Waals surface area (Å²) in [5.74, 6) is 1.29. The Labute approximate surface area is 152 Å². The molecule has 25 heavy (non-hydrogen) atoms. The number of thioether (sulfide) groups is 1. The van der Waals surface area contributed by atoms with Crippen molar-refractivity contribution in [2.45, 2.75) is 36.9 Å². The molecule has 2 heterocycles.